The highest BCUT2D eigenvalue weighted by Crippen LogP contribution is 2.17. The number of hydrazine groups is 1. The zero-order valence-corrected chi connectivity index (χ0v) is 27.7. The van der Waals surface area contributed by atoms with Gasteiger partial charge in [0, 0.05) is 43.4 Å². The molecule has 2 amide bonds. The Labute approximate surface area is 272 Å². The molecule has 0 heterocycles. The quantitative estimate of drug-likeness (QED) is 0.137. The number of hydrogen-bond donors (Lipinski definition) is 4. The van der Waals surface area contributed by atoms with Crippen molar-refractivity contribution < 1.29 is 28.2 Å². The molecule has 0 aliphatic heterocycles. The summed E-state index contributed by atoms with van der Waals surface area (Å²) in [5, 5.41) is 25.2. The summed E-state index contributed by atoms with van der Waals surface area (Å²) in [5.41, 5.74) is 2.40. The van der Waals surface area contributed by atoms with Crippen LogP contribution in [-0.4, -0.2) is 79.2 Å². The van der Waals surface area contributed by atoms with Crippen molar-refractivity contribution in [3.63, 3.8) is 0 Å². The van der Waals surface area contributed by atoms with E-state index < -0.39 is 28.1 Å². The lowest BCUT2D eigenvalue weighted by atomic mass is 9.99. The number of nitrogens with one attached hydrogen (secondary N) is 2. The molecule has 0 aromatic heterocycles. The monoisotopic (exact) mass is 648 g/mol. The van der Waals surface area contributed by atoms with E-state index in [1.54, 1.807) is 66.4 Å². The van der Waals surface area contributed by atoms with Crippen LogP contribution in [-0.2, 0) is 22.2 Å². The number of nitrogens with zero attached hydrogens (tertiary/aromatic N) is 2. The molecule has 10 nitrogen and oxygen atoms in total. The molecule has 246 valence electrons. The van der Waals surface area contributed by atoms with E-state index >= 15 is 0 Å². The van der Waals surface area contributed by atoms with Gasteiger partial charge in [-0.15, -0.1) is 10.8 Å². The van der Waals surface area contributed by atoms with Gasteiger partial charge in [-0.2, -0.15) is 0 Å². The summed E-state index contributed by atoms with van der Waals surface area (Å²) >= 11 is 0. The third-order valence-corrected chi connectivity index (χ3v) is 8.42. The van der Waals surface area contributed by atoms with Crippen LogP contribution in [0.25, 0.3) is 0 Å². The fourth-order valence-electron chi connectivity index (χ4n) is 5.07. The fraction of sp³-hybridized carbons (Fsp3) is 0.371. The number of benzene rings is 3. The molecule has 46 heavy (non-hydrogen) atoms. The molecule has 11 heteroatoms. The zero-order chi connectivity index (χ0) is 33.7. The predicted octanol–water partition coefficient (Wildman–Crippen LogP) is 3.69. The van der Waals surface area contributed by atoms with Gasteiger partial charge < -0.3 is 20.4 Å². The first-order valence-corrected chi connectivity index (χ1v) is 17.0. The van der Waals surface area contributed by atoms with Crippen LogP contribution in [0.15, 0.2) is 72.8 Å². The minimum atomic E-state index is -3.77. The van der Waals surface area contributed by atoms with Crippen molar-refractivity contribution in [2.24, 2.45) is 0 Å². The first-order valence-electron chi connectivity index (χ1n) is 15.3. The smallest absolute Gasteiger partial charge is 0.253 e. The standard InChI is InChI=1S/C35H44N4O6S/c1-5-11-28-20-29(23-30(21-28)35(43)39(18-6-2)19-7-3)34(42)36-32(22-26-14-16-31(40)17-15-26)33(41)24-38(4)37-46(44,45)25-27-12-9-8-10-13-27/h8-10,12-17,20-21,23,32-33,37,40-41H,6-7,18-19,22,24-25H2,1-4H3,(H,36,42). The Morgan fingerprint density at radius 1 is 0.913 bits per heavy atom. The number of carbonyl (C=O) groups excluding carboxylic acids is 2. The van der Waals surface area contributed by atoms with Crippen molar-refractivity contribution in [3.05, 3.63) is 101 Å². The van der Waals surface area contributed by atoms with Crippen molar-refractivity contribution in [1.82, 2.24) is 20.1 Å². The van der Waals surface area contributed by atoms with Gasteiger partial charge in [0.2, 0.25) is 10.0 Å². The van der Waals surface area contributed by atoms with Gasteiger partial charge in [-0.25, -0.2) is 13.4 Å². The van der Waals surface area contributed by atoms with Gasteiger partial charge in [-0.05, 0) is 67.6 Å². The van der Waals surface area contributed by atoms with E-state index in [1.807, 2.05) is 13.8 Å². The highest BCUT2D eigenvalue weighted by molar-refractivity contribution is 7.88. The number of aliphatic hydroxyl groups excluding tert-OH is 1. The number of sulfonamides is 1. The maximum Gasteiger partial charge on any atom is 0.253 e. The van der Waals surface area contributed by atoms with Gasteiger partial charge in [0.05, 0.1) is 17.9 Å². The van der Waals surface area contributed by atoms with E-state index in [9.17, 15) is 28.2 Å². The Hall–Kier alpha value is -4.21. The molecule has 0 saturated carbocycles. The van der Waals surface area contributed by atoms with E-state index in [2.05, 4.69) is 22.0 Å². The second-order valence-corrected chi connectivity index (χ2v) is 12.9. The Bertz CT molecular complexity index is 1610. The van der Waals surface area contributed by atoms with Gasteiger partial charge in [0.1, 0.15) is 5.75 Å². The molecule has 3 rings (SSSR count). The third kappa shape index (κ3) is 11.3. The van der Waals surface area contributed by atoms with Crippen molar-refractivity contribution in [3.8, 4) is 17.6 Å². The molecular formula is C35H44N4O6S. The number of hydrogen-bond acceptors (Lipinski definition) is 7. The molecule has 3 aromatic rings. The molecule has 0 bridgehead atoms. The Kier molecular flexibility index (Phi) is 13.8. The number of phenolic OH excluding ortho intramolecular Hbond substituents is 1. The van der Waals surface area contributed by atoms with E-state index in [0.717, 1.165) is 18.4 Å². The number of carbonyl (C=O) groups is 2. The number of phenols is 1. The Balaban J connectivity index is 1.85. The minimum absolute atomic E-state index is 0.0728. The van der Waals surface area contributed by atoms with Gasteiger partial charge in [-0.3, -0.25) is 9.59 Å². The number of rotatable bonds is 16. The first-order chi connectivity index (χ1) is 21.9. The van der Waals surface area contributed by atoms with Crippen LogP contribution in [0.3, 0.4) is 0 Å². The molecule has 0 aliphatic carbocycles. The largest absolute Gasteiger partial charge is 0.508 e. The molecule has 0 radical (unpaired) electrons. The third-order valence-electron chi connectivity index (χ3n) is 7.11. The second-order valence-electron chi connectivity index (χ2n) is 11.2. The van der Waals surface area contributed by atoms with Crippen LogP contribution in [0.5, 0.6) is 5.75 Å². The van der Waals surface area contributed by atoms with Gasteiger partial charge in [0.15, 0.2) is 0 Å². The lowest BCUT2D eigenvalue weighted by molar-refractivity contribution is 0.0687. The summed E-state index contributed by atoms with van der Waals surface area (Å²) in [7, 11) is -2.28. The maximum absolute atomic E-state index is 13.7. The lowest BCUT2D eigenvalue weighted by Gasteiger charge is -2.28. The molecule has 2 atom stereocenters. The van der Waals surface area contributed by atoms with E-state index in [-0.39, 0.29) is 35.9 Å². The Morgan fingerprint density at radius 3 is 2.15 bits per heavy atom. The van der Waals surface area contributed by atoms with Gasteiger partial charge >= 0.3 is 0 Å². The summed E-state index contributed by atoms with van der Waals surface area (Å²) < 4.78 is 25.6. The van der Waals surface area contributed by atoms with Crippen molar-refractivity contribution >= 4 is 21.8 Å². The molecule has 0 aliphatic rings. The minimum Gasteiger partial charge on any atom is -0.508 e. The highest BCUT2D eigenvalue weighted by atomic mass is 32.2. The Morgan fingerprint density at radius 2 is 1.54 bits per heavy atom. The average molecular weight is 649 g/mol. The number of aromatic hydroxyl groups is 1. The summed E-state index contributed by atoms with van der Waals surface area (Å²) in [6.45, 7) is 6.69. The topological polar surface area (TPSA) is 139 Å². The van der Waals surface area contributed by atoms with Crippen LogP contribution in [0, 0.1) is 11.8 Å². The summed E-state index contributed by atoms with van der Waals surface area (Å²) in [6.07, 6.45) is 0.549. The van der Waals surface area contributed by atoms with Crippen molar-refractivity contribution in [2.75, 3.05) is 26.7 Å². The fourth-order valence-corrected chi connectivity index (χ4v) is 6.31. The SMILES string of the molecule is CC#Cc1cc(C(=O)NC(Cc2ccc(O)cc2)C(O)CN(C)NS(=O)(=O)Cc2ccccc2)cc(C(=O)N(CCC)CCC)c1. The van der Waals surface area contributed by atoms with E-state index in [4.69, 9.17) is 0 Å². The summed E-state index contributed by atoms with van der Waals surface area (Å²) in [4.78, 5) is 31.4. The number of likely N-dealkylation sites (N-methyl/N-ethyl adjacent to an activating group) is 1. The number of aliphatic hydroxyl groups is 1. The predicted molar refractivity (Wildman–Crippen MR) is 179 cm³/mol. The summed E-state index contributed by atoms with van der Waals surface area (Å²) in [5.74, 6) is 4.87. The van der Waals surface area contributed by atoms with Crippen LogP contribution < -0.4 is 10.1 Å². The normalized spacial score (nSPS) is 12.6. The van der Waals surface area contributed by atoms with Gasteiger partial charge in [0.25, 0.3) is 11.8 Å². The van der Waals surface area contributed by atoms with Crippen molar-refractivity contribution in [1.29, 1.82) is 0 Å². The summed E-state index contributed by atoms with van der Waals surface area (Å²) in [6, 6.07) is 19.0. The molecule has 0 saturated heterocycles. The van der Waals surface area contributed by atoms with Crippen LogP contribution >= 0.6 is 0 Å². The second kappa shape index (κ2) is 17.5. The highest BCUT2D eigenvalue weighted by Gasteiger charge is 2.26. The van der Waals surface area contributed by atoms with E-state index in [1.165, 1.54) is 30.3 Å². The van der Waals surface area contributed by atoms with Crippen molar-refractivity contribution in [2.45, 2.75) is 57.9 Å². The zero-order valence-electron chi connectivity index (χ0n) is 26.9. The molecule has 2 unspecified atom stereocenters. The van der Waals surface area contributed by atoms with Crippen LogP contribution in [0.4, 0.5) is 0 Å². The van der Waals surface area contributed by atoms with Crippen LogP contribution in [0.1, 0.15) is 71.0 Å². The molecule has 0 fully saturated rings. The lowest BCUT2D eigenvalue weighted by Crippen LogP contribution is -2.52. The average Bonchev–Trinajstić information content (AvgIpc) is 3.01. The number of amides is 2. The molecule has 3 aromatic carbocycles. The molecule has 4 N–H and O–H groups in total. The molecule has 0 spiro atoms. The van der Waals surface area contributed by atoms with E-state index in [0.29, 0.717) is 29.8 Å². The van der Waals surface area contributed by atoms with Crippen LogP contribution in [0.2, 0.25) is 0 Å². The van der Waals surface area contributed by atoms with Gasteiger partial charge in [-0.1, -0.05) is 62.2 Å². The maximum atomic E-state index is 13.7. The molecular weight excluding hydrogens is 604 g/mol. The first kappa shape index (κ1) is 36.3.